The summed E-state index contributed by atoms with van der Waals surface area (Å²) in [5.41, 5.74) is 4.64. The molecule has 3 heterocycles. The van der Waals surface area contributed by atoms with Crippen LogP contribution in [0.2, 0.25) is 0 Å². The third kappa shape index (κ3) is 3.81. The first-order valence-corrected chi connectivity index (χ1v) is 9.14. The molecule has 26 heavy (non-hydrogen) atoms. The lowest BCUT2D eigenvalue weighted by atomic mass is 10.0. The van der Waals surface area contributed by atoms with E-state index in [1.807, 2.05) is 18.2 Å². The molecule has 4 rings (SSSR count). The Bertz CT molecular complexity index is 651. The Morgan fingerprint density at radius 2 is 2.04 bits per heavy atom. The number of nitrogens with zero attached hydrogens (tertiary/aromatic N) is 1. The lowest BCUT2D eigenvalue weighted by molar-refractivity contribution is -0.0373. The van der Waals surface area contributed by atoms with Gasteiger partial charge in [-0.25, -0.2) is 0 Å². The van der Waals surface area contributed by atoms with Crippen molar-refractivity contribution in [1.29, 1.82) is 0 Å². The Kier molecular flexibility index (Phi) is 5.31. The molecular formula is C19H26N2O5. The number of rotatable bonds is 6. The van der Waals surface area contributed by atoms with Gasteiger partial charge in [0.2, 0.25) is 0 Å². The van der Waals surface area contributed by atoms with Crippen LogP contribution in [-0.4, -0.2) is 70.3 Å². The van der Waals surface area contributed by atoms with Crippen LogP contribution in [0.25, 0.3) is 5.70 Å². The highest BCUT2D eigenvalue weighted by atomic mass is 16.7. The molecule has 1 aromatic carbocycles. The van der Waals surface area contributed by atoms with Crippen molar-refractivity contribution in [3.05, 3.63) is 29.8 Å². The summed E-state index contributed by atoms with van der Waals surface area (Å²) >= 11 is 0. The summed E-state index contributed by atoms with van der Waals surface area (Å²) in [6.07, 6.45) is 2.97. The molecule has 3 aliphatic rings. The van der Waals surface area contributed by atoms with Gasteiger partial charge in [0, 0.05) is 38.2 Å². The van der Waals surface area contributed by atoms with Crippen molar-refractivity contribution in [3.8, 4) is 11.5 Å². The Morgan fingerprint density at radius 1 is 1.15 bits per heavy atom. The van der Waals surface area contributed by atoms with E-state index in [0.29, 0.717) is 13.2 Å². The standard InChI is InChI=1S/C19H26N2O5/c1-22-18-12-15(16-13-19(26-20-16)4-8-24-14-19)2-3-17(18)25-11-7-21-5-9-23-10-6-21/h2-3,12-13,20H,4-11,14H2,1H3. The smallest absolute Gasteiger partial charge is 0.161 e. The van der Waals surface area contributed by atoms with Crippen molar-refractivity contribution in [2.24, 2.45) is 0 Å². The third-order valence-electron chi connectivity index (χ3n) is 5.03. The summed E-state index contributed by atoms with van der Waals surface area (Å²) in [5, 5.41) is 0. The van der Waals surface area contributed by atoms with Gasteiger partial charge in [-0.05, 0) is 24.3 Å². The first-order valence-electron chi connectivity index (χ1n) is 9.14. The average molecular weight is 362 g/mol. The van der Waals surface area contributed by atoms with E-state index in [-0.39, 0.29) is 5.60 Å². The van der Waals surface area contributed by atoms with E-state index in [2.05, 4.69) is 16.5 Å². The fraction of sp³-hybridized carbons (Fsp3) is 0.579. The second-order valence-electron chi connectivity index (χ2n) is 6.80. The van der Waals surface area contributed by atoms with Crippen molar-refractivity contribution in [2.75, 3.05) is 59.8 Å². The van der Waals surface area contributed by atoms with Crippen LogP contribution in [0.5, 0.6) is 11.5 Å². The summed E-state index contributed by atoms with van der Waals surface area (Å²) in [7, 11) is 1.66. The van der Waals surface area contributed by atoms with Crippen LogP contribution < -0.4 is 15.0 Å². The molecule has 1 unspecified atom stereocenters. The fourth-order valence-corrected chi connectivity index (χ4v) is 3.44. The van der Waals surface area contributed by atoms with E-state index < -0.39 is 0 Å². The highest BCUT2D eigenvalue weighted by molar-refractivity contribution is 5.68. The zero-order valence-electron chi connectivity index (χ0n) is 15.2. The van der Waals surface area contributed by atoms with Gasteiger partial charge < -0.3 is 18.9 Å². The normalized spacial score (nSPS) is 26.0. The molecule has 1 aromatic rings. The van der Waals surface area contributed by atoms with Gasteiger partial charge in [0.15, 0.2) is 11.5 Å². The minimum atomic E-state index is -0.337. The zero-order chi connectivity index (χ0) is 17.8. The third-order valence-corrected chi connectivity index (χ3v) is 5.03. The van der Waals surface area contributed by atoms with Gasteiger partial charge in [-0.2, -0.15) is 0 Å². The maximum atomic E-state index is 5.94. The summed E-state index contributed by atoms with van der Waals surface area (Å²) < 4.78 is 22.3. The van der Waals surface area contributed by atoms with Gasteiger partial charge in [0.25, 0.3) is 0 Å². The molecule has 0 aliphatic carbocycles. The van der Waals surface area contributed by atoms with Crippen LogP contribution in [0.1, 0.15) is 12.0 Å². The van der Waals surface area contributed by atoms with Gasteiger partial charge in [-0.1, -0.05) is 0 Å². The molecule has 0 bridgehead atoms. The largest absolute Gasteiger partial charge is 0.493 e. The molecule has 0 radical (unpaired) electrons. The van der Waals surface area contributed by atoms with E-state index in [0.717, 1.165) is 68.6 Å². The van der Waals surface area contributed by atoms with Gasteiger partial charge in [-0.15, -0.1) is 0 Å². The van der Waals surface area contributed by atoms with E-state index in [1.165, 1.54) is 0 Å². The van der Waals surface area contributed by atoms with Crippen molar-refractivity contribution in [3.63, 3.8) is 0 Å². The Hall–Kier alpha value is -1.80. The van der Waals surface area contributed by atoms with Crippen LogP contribution >= 0.6 is 0 Å². The minimum Gasteiger partial charge on any atom is -0.493 e. The zero-order valence-corrected chi connectivity index (χ0v) is 15.2. The van der Waals surface area contributed by atoms with E-state index in [1.54, 1.807) is 7.11 Å². The molecule has 3 aliphatic heterocycles. The summed E-state index contributed by atoms with van der Waals surface area (Å²) in [6, 6.07) is 5.94. The van der Waals surface area contributed by atoms with Crippen molar-refractivity contribution >= 4 is 5.70 Å². The summed E-state index contributed by atoms with van der Waals surface area (Å²) in [6.45, 7) is 6.35. The van der Waals surface area contributed by atoms with E-state index in [9.17, 15) is 0 Å². The Balaban J connectivity index is 1.40. The second kappa shape index (κ2) is 7.84. The first kappa shape index (κ1) is 17.6. The molecular weight excluding hydrogens is 336 g/mol. The molecule has 142 valence electrons. The molecule has 0 aromatic heterocycles. The first-order chi connectivity index (χ1) is 12.8. The maximum absolute atomic E-state index is 5.94. The average Bonchev–Trinajstić information content (AvgIpc) is 3.33. The Morgan fingerprint density at radius 3 is 2.81 bits per heavy atom. The van der Waals surface area contributed by atoms with Crippen LogP contribution in [0.15, 0.2) is 24.3 Å². The predicted octanol–water partition coefficient (Wildman–Crippen LogP) is 1.44. The van der Waals surface area contributed by atoms with Gasteiger partial charge in [0.1, 0.15) is 12.2 Å². The Labute approximate surface area is 153 Å². The van der Waals surface area contributed by atoms with Crippen molar-refractivity contribution in [2.45, 2.75) is 12.0 Å². The quantitative estimate of drug-likeness (QED) is 0.822. The van der Waals surface area contributed by atoms with E-state index in [4.69, 9.17) is 23.8 Å². The highest BCUT2D eigenvalue weighted by Gasteiger charge is 2.39. The molecule has 2 saturated heterocycles. The monoisotopic (exact) mass is 362 g/mol. The lowest BCUT2D eigenvalue weighted by Crippen LogP contribution is -2.38. The molecule has 7 heteroatoms. The number of benzene rings is 1. The van der Waals surface area contributed by atoms with Crippen LogP contribution in [0, 0.1) is 0 Å². The van der Waals surface area contributed by atoms with Gasteiger partial charge in [-0.3, -0.25) is 15.2 Å². The molecule has 7 nitrogen and oxygen atoms in total. The number of methoxy groups -OCH3 is 1. The number of hydrogen-bond acceptors (Lipinski definition) is 7. The second-order valence-corrected chi connectivity index (χ2v) is 6.80. The van der Waals surface area contributed by atoms with Crippen molar-refractivity contribution < 1.29 is 23.8 Å². The number of nitrogens with one attached hydrogen (secondary N) is 1. The van der Waals surface area contributed by atoms with Crippen molar-refractivity contribution in [1.82, 2.24) is 10.4 Å². The maximum Gasteiger partial charge on any atom is 0.161 e. The van der Waals surface area contributed by atoms with Gasteiger partial charge >= 0.3 is 0 Å². The number of hydrogen-bond donors (Lipinski definition) is 1. The molecule has 1 spiro atoms. The van der Waals surface area contributed by atoms with Crippen LogP contribution in [0.3, 0.4) is 0 Å². The molecule has 0 amide bonds. The molecule has 0 saturated carbocycles. The predicted molar refractivity (Wildman–Crippen MR) is 96.1 cm³/mol. The number of hydroxylamine groups is 1. The topological polar surface area (TPSA) is 61.4 Å². The van der Waals surface area contributed by atoms with Gasteiger partial charge in [0.05, 0.1) is 32.6 Å². The lowest BCUT2D eigenvalue weighted by Gasteiger charge is -2.26. The molecule has 2 fully saturated rings. The SMILES string of the molecule is COc1cc(C2=CC3(CCOC3)ON2)ccc1OCCN1CCOCC1. The number of morpholine rings is 1. The summed E-state index contributed by atoms with van der Waals surface area (Å²) in [4.78, 5) is 8.09. The minimum absolute atomic E-state index is 0.337. The highest BCUT2D eigenvalue weighted by Crippen LogP contribution is 2.35. The van der Waals surface area contributed by atoms with Crippen LogP contribution in [-0.2, 0) is 14.3 Å². The number of ether oxygens (including phenoxy) is 4. The summed E-state index contributed by atoms with van der Waals surface area (Å²) in [5.74, 6) is 1.47. The van der Waals surface area contributed by atoms with Crippen LogP contribution in [0.4, 0.5) is 0 Å². The fourth-order valence-electron chi connectivity index (χ4n) is 3.44. The molecule has 1 N–H and O–H groups in total. The molecule has 1 atom stereocenters. The van der Waals surface area contributed by atoms with E-state index >= 15 is 0 Å².